The molecule has 4 aliphatic rings. The first-order chi connectivity index (χ1) is 69.5. The van der Waals surface area contributed by atoms with Crippen molar-refractivity contribution in [2.45, 2.75) is 77.0 Å². The van der Waals surface area contributed by atoms with Crippen molar-refractivity contribution in [3.63, 3.8) is 0 Å². The van der Waals surface area contributed by atoms with Gasteiger partial charge in [0.25, 0.3) is 0 Å². The number of nitrogens with zero attached hydrogens (tertiary/aromatic N) is 10. The Bertz CT molecular complexity index is 8510. The van der Waals surface area contributed by atoms with Crippen molar-refractivity contribution in [1.82, 2.24) is 53.6 Å². The van der Waals surface area contributed by atoms with Gasteiger partial charge in [-0.15, -0.1) is 0 Å². The number of aromatic nitrogens is 11. The van der Waals surface area contributed by atoms with Gasteiger partial charge in [-0.2, -0.15) is 9.97 Å². The van der Waals surface area contributed by atoms with Gasteiger partial charge in [-0.25, -0.2) is 24.9 Å². The lowest BCUT2D eigenvalue weighted by Gasteiger charge is -2.21. The van der Waals surface area contributed by atoms with Crippen LogP contribution in [0.1, 0.15) is 99.9 Å². The number of rotatable bonds is 10. The van der Waals surface area contributed by atoms with E-state index in [2.05, 4.69) is 418 Å². The fourth-order valence-corrected chi connectivity index (χ4v) is 22.4. The molecular formula is C131H101N11. The number of hydrogen-bond donors (Lipinski definition) is 1. The maximum Gasteiger partial charge on any atom is 0.238 e. The molecule has 0 aliphatic heterocycles. The predicted molar refractivity (Wildman–Crippen MR) is 585 cm³/mol. The average molecular weight is 1830 g/mol. The quantitative estimate of drug-likeness (QED) is 0.145. The van der Waals surface area contributed by atoms with Gasteiger partial charge in [0, 0.05) is 118 Å². The van der Waals surface area contributed by atoms with Crippen molar-refractivity contribution >= 4 is 54.4 Å². The van der Waals surface area contributed by atoms with Crippen LogP contribution in [0.25, 0.3) is 195 Å². The van der Waals surface area contributed by atoms with E-state index in [4.69, 9.17) is 24.9 Å². The van der Waals surface area contributed by atoms with Crippen LogP contribution in [0.5, 0.6) is 0 Å². The van der Waals surface area contributed by atoms with Crippen molar-refractivity contribution in [3.05, 3.63) is 506 Å². The van der Waals surface area contributed by atoms with Gasteiger partial charge in [0.15, 0.2) is 11.6 Å². The van der Waals surface area contributed by atoms with Crippen LogP contribution in [0, 0.1) is 0 Å². The molecule has 680 valence electrons. The molecule has 24 aromatic rings. The highest BCUT2D eigenvalue weighted by atomic mass is 15.2. The summed E-state index contributed by atoms with van der Waals surface area (Å²) in [6, 6.07) is 149. The first-order valence-electron chi connectivity index (χ1n) is 48.8. The van der Waals surface area contributed by atoms with Gasteiger partial charge in [0.1, 0.15) is 18.0 Å². The van der Waals surface area contributed by atoms with Crippen molar-refractivity contribution in [2.75, 3.05) is 0 Å². The van der Waals surface area contributed by atoms with Crippen molar-refractivity contribution in [1.29, 1.82) is 0 Å². The first kappa shape index (κ1) is 87.1. The Morgan fingerprint density at radius 1 is 0.225 bits per heavy atom. The molecule has 1 N–H and O–H groups in total. The number of H-pyrrole nitrogens is 1. The normalized spacial score (nSPS) is 13.4. The molecular weight excluding hydrogens is 1730 g/mol. The van der Waals surface area contributed by atoms with E-state index in [-0.39, 0.29) is 21.7 Å². The first-order valence-corrected chi connectivity index (χ1v) is 48.8. The minimum atomic E-state index is -0.0314. The summed E-state index contributed by atoms with van der Waals surface area (Å²) >= 11 is 0. The van der Waals surface area contributed by atoms with Gasteiger partial charge in [-0.05, 0) is 178 Å². The Balaban J connectivity index is 0.0000000986. The molecule has 11 heteroatoms. The number of fused-ring (bicyclic) bond motifs is 21. The molecule has 0 saturated carbocycles. The van der Waals surface area contributed by atoms with Gasteiger partial charge in [-0.3, -0.25) is 4.57 Å². The maximum atomic E-state index is 5.15. The van der Waals surface area contributed by atoms with Crippen LogP contribution < -0.4 is 0 Å². The zero-order valence-corrected chi connectivity index (χ0v) is 80.4. The highest BCUT2D eigenvalue weighted by Gasteiger charge is 2.41. The van der Waals surface area contributed by atoms with E-state index in [1.807, 2.05) is 122 Å². The van der Waals surface area contributed by atoms with E-state index in [0.717, 1.165) is 78.6 Å². The summed E-state index contributed by atoms with van der Waals surface area (Å²) in [5, 5.41) is 7.49. The van der Waals surface area contributed by atoms with Crippen LogP contribution in [-0.4, -0.2) is 53.6 Å². The molecule has 0 amide bonds. The van der Waals surface area contributed by atoms with Gasteiger partial charge in [0.05, 0.1) is 33.6 Å². The number of nitrogens with one attached hydrogen (secondary N) is 1. The SMILES string of the molecule is CC1(C)c2ccccc2-c2c1ccc1[nH]ccc21.CC1(C)c2ccccc2-c2c1ccc1c2ccn1-c1cc(-c2ccccc2)cc(-c2ccccc2)n1.CC1(C)c2ccccc2-c2c1ccc1c2ccn1-c1nc(-c2ccccc2)nc(-c2ccccc2)n1.CC1(C)c2ccccc2-c2c1ccc1c2ccn1-c1ncc(-c2ccccc2)c2ccccc12.c1ccc(-c2cc(-c3ccccc3)ncn2)cc1. The lowest BCUT2D eigenvalue weighted by molar-refractivity contribution is 0.660. The predicted octanol–water partition coefficient (Wildman–Crippen LogP) is 32.6. The van der Waals surface area contributed by atoms with E-state index in [1.54, 1.807) is 6.33 Å². The monoisotopic (exact) mass is 1830 g/mol. The van der Waals surface area contributed by atoms with Crippen LogP contribution in [0.2, 0.25) is 0 Å². The third-order valence-electron chi connectivity index (χ3n) is 29.6. The fourth-order valence-electron chi connectivity index (χ4n) is 22.4. The summed E-state index contributed by atoms with van der Waals surface area (Å²) < 4.78 is 6.58. The lowest BCUT2D eigenvalue weighted by Crippen LogP contribution is -2.14. The number of pyridine rings is 2. The molecule has 28 rings (SSSR count). The van der Waals surface area contributed by atoms with Crippen molar-refractivity contribution < 1.29 is 0 Å². The van der Waals surface area contributed by atoms with Crippen LogP contribution in [-0.2, 0) is 21.7 Å². The Kier molecular flexibility index (Phi) is 21.7. The van der Waals surface area contributed by atoms with Gasteiger partial charge < -0.3 is 14.1 Å². The molecule has 8 aromatic heterocycles. The minimum Gasteiger partial charge on any atom is -0.361 e. The maximum absolute atomic E-state index is 5.15. The van der Waals surface area contributed by atoms with E-state index in [0.29, 0.717) is 17.6 Å². The second-order valence-electron chi connectivity index (χ2n) is 39.2. The Labute approximate surface area is 826 Å². The molecule has 16 aromatic carbocycles. The van der Waals surface area contributed by atoms with Crippen LogP contribution in [0.15, 0.2) is 462 Å². The van der Waals surface area contributed by atoms with Crippen LogP contribution >= 0.6 is 0 Å². The largest absolute Gasteiger partial charge is 0.361 e. The third kappa shape index (κ3) is 15.1. The standard InChI is InChI=1S/C34H26N2.C32H24N4.C32H24N2.C17H15N.C16H12N2/c1-34(2)28-16-10-9-15-26(28)33-27-19-20-36(31(27)18-17-29(33)34)32-22-25(23-11-5-3-6-12-23)21-30(35-32)24-13-7-4-8-14-24;1-32(2)25-16-10-9-15-23(25)28-24-19-20-36(27(24)18-17-26(28)32)31-34-29(21-11-5-3-6-12-21)33-30(35-31)22-13-7-4-8-14-22;1-32(2)27-15-9-8-14-24(27)30-25-18-19-34(29(25)17-16-28(30)32)31-23-13-7-6-12-22(23)26(20-33-31)21-10-4-3-5-11-21;1-17(2)13-6-4-3-5-11(13)16-12-9-10-18-15(12)8-7-14(16)17;1-3-7-13(8-4-1)15-11-16(18-12-17-15)14-9-5-2-6-10-14/h3-22H,1-2H3;3-20H,1-2H3;3-20H,1-2H3;3-10,18H,1-2H3;1-12H. The number of hydrogen-bond acceptors (Lipinski definition) is 7. The van der Waals surface area contributed by atoms with Gasteiger partial charge >= 0.3 is 0 Å². The Morgan fingerprint density at radius 2 is 0.577 bits per heavy atom. The fraction of sp³-hybridized carbons (Fsp3) is 0.0916. The smallest absolute Gasteiger partial charge is 0.238 e. The highest BCUT2D eigenvalue weighted by Crippen LogP contribution is 2.57. The summed E-state index contributed by atoms with van der Waals surface area (Å²) in [6.07, 6.45) is 12.1. The Morgan fingerprint density at radius 3 is 1.03 bits per heavy atom. The minimum absolute atomic E-state index is 0.00446. The third-order valence-corrected chi connectivity index (χ3v) is 29.6. The average Bonchev–Trinajstić information content (AvgIpc) is 1.58. The summed E-state index contributed by atoms with van der Waals surface area (Å²) in [6.45, 7) is 18.6. The van der Waals surface area contributed by atoms with Gasteiger partial charge in [0.2, 0.25) is 5.95 Å². The topological polar surface area (TPSA) is 121 Å². The number of benzene rings is 16. The molecule has 0 fully saturated rings. The second kappa shape index (κ2) is 35.4. The molecule has 0 radical (unpaired) electrons. The molecule has 0 spiro atoms. The van der Waals surface area contributed by atoms with Crippen LogP contribution in [0.3, 0.4) is 0 Å². The summed E-state index contributed by atoms with van der Waals surface area (Å²) in [7, 11) is 0. The summed E-state index contributed by atoms with van der Waals surface area (Å²) in [5.41, 5.74) is 39.6. The van der Waals surface area contributed by atoms with E-state index >= 15 is 0 Å². The molecule has 8 heterocycles. The van der Waals surface area contributed by atoms with Gasteiger partial charge in [-0.1, -0.05) is 413 Å². The zero-order valence-electron chi connectivity index (χ0n) is 80.4. The van der Waals surface area contributed by atoms with E-state index < -0.39 is 0 Å². The molecule has 0 bridgehead atoms. The zero-order chi connectivity index (χ0) is 96.0. The molecule has 11 nitrogen and oxygen atoms in total. The second-order valence-corrected chi connectivity index (χ2v) is 39.2. The molecule has 0 atom stereocenters. The van der Waals surface area contributed by atoms with Crippen molar-refractivity contribution in [2.24, 2.45) is 0 Å². The highest BCUT2D eigenvalue weighted by molar-refractivity contribution is 6.08. The van der Waals surface area contributed by atoms with E-state index in [1.165, 1.54) is 144 Å². The van der Waals surface area contributed by atoms with Crippen LogP contribution in [0.4, 0.5) is 0 Å². The summed E-state index contributed by atoms with van der Waals surface area (Å²) in [5.74, 6) is 3.83. The molecule has 0 unspecified atom stereocenters. The summed E-state index contributed by atoms with van der Waals surface area (Å²) in [4.78, 5) is 36.8. The van der Waals surface area contributed by atoms with E-state index in [9.17, 15) is 0 Å². The molecule has 4 aliphatic carbocycles. The molecule has 142 heavy (non-hydrogen) atoms. The Hall–Kier alpha value is -17.7. The lowest BCUT2D eigenvalue weighted by atomic mass is 9.82. The molecule has 0 saturated heterocycles. The van der Waals surface area contributed by atoms with Crippen molar-refractivity contribution in [3.8, 4) is 141 Å². The number of aromatic amines is 1.